The fourth-order valence-corrected chi connectivity index (χ4v) is 1.06. The number of β-amino-alcohol motifs (C(OH)–C–C–N with tert-alkyl or cyclic N) is 1. The van der Waals surface area contributed by atoms with E-state index in [-0.39, 0.29) is 18.1 Å². The second-order valence-corrected chi connectivity index (χ2v) is 4.10. The van der Waals surface area contributed by atoms with Gasteiger partial charge in [0, 0.05) is 6.20 Å². The van der Waals surface area contributed by atoms with Gasteiger partial charge in [0.25, 0.3) is 0 Å². The fraction of sp³-hybridized carbons (Fsp3) is 0.778. The highest BCUT2D eigenvalue weighted by molar-refractivity contribution is 4.98. The molecule has 3 heteroatoms. The van der Waals surface area contributed by atoms with Crippen LogP contribution in [0, 0.1) is 5.41 Å². The van der Waals surface area contributed by atoms with Crippen molar-refractivity contribution in [1.82, 2.24) is 5.06 Å². The van der Waals surface area contributed by atoms with Crippen LogP contribution in [0.1, 0.15) is 20.8 Å². The summed E-state index contributed by atoms with van der Waals surface area (Å²) in [5.74, 6) is 0. The van der Waals surface area contributed by atoms with E-state index in [1.54, 1.807) is 5.06 Å². The van der Waals surface area contributed by atoms with Crippen molar-refractivity contribution < 1.29 is 9.94 Å². The van der Waals surface area contributed by atoms with Gasteiger partial charge in [-0.25, -0.2) is 0 Å². The molecule has 12 heavy (non-hydrogen) atoms. The maximum atomic E-state index is 8.66. The standard InChI is InChI=1S/C9H17NO2/c1-9(2,3)8-4-5-10(12-8)6-7-11/h4-5,8,11H,6-7H2,1-3H3. The van der Waals surface area contributed by atoms with Crippen LogP contribution in [0.4, 0.5) is 0 Å². The summed E-state index contributed by atoms with van der Waals surface area (Å²) >= 11 is 0. The minimum Gasteiger partial charge on any atom is -0.394 e. The molecule has 0 aromatic rings. The van der Waals surface area contributed by atoms with E-state index in [1.165, 1.54) is 0 Å². The minimum atomic E-state index is 0.126. The molecular weight excluding hydrogens is 154 g/mol. The SMILES string of the molecule is CC(C)(C)C1C=CN(CCO)O1. The molecule has 0 aromatic carbocycles. The predicted octanol–water partition coefficient (Wildman–Crippen LogP) is 1.15. The Labute approximate surface area is 73.6 Å². The Morgan fingerprint density at radius 3 is 2.58 bits per heavy atom. The molecule has 0 amide bonds. The lowest BCUT2D eigenvalue weighted by Crippen LogP contribution is -2.29. The van der Waals surface area contributed by atoms with Crippen LogP contribution >= 0.6 is 0 Å². The number of aliphatic hydroxyl groups excluding tert-OH is 1. The van der Waals surface area contributed by atoms with E-state index in [4.69, 9.17) is 9.94 Å². The molecule has 1 heterocycles. The Bertz CT molecular complexity index is 172. The third-order valence-electron chi connectivity index (χ3n) is 1.85. The molecule has 3 nitrogen and oxygen atoms in total. The summed E-state index contributed by atoms with van der Waals surface area (Å²) in [6.07, 6.45) is 4.03. The molecule has 0 radical (unpaired) electrons. The molecule has 1 unspecified atom stereocenters. The van der Waals surface area contributed by atoms with Crippen molar-refractivity contribution in [1.29, 1.82) is 0 Å². The minimum absolute atomic E-state index is 0.126. The fourth-order valence-electron chi connectivity index (χ4n) is 1.06. The molecule has 0 bridgehead atoms. The van der Waals surface area contributed by atoms with Gasteiger partial charge in [-0.1, -0.05) is 20.8 Å². The molecule has 1 N–H and O–H groups in total. The van der Waals surface area contributed by atoms with Gasteiger partial charge in [0.2, 0.25) is 0 Å². The summed E-state index contributed by atoms with van der Waals surface area (Å²) < 4.78 is 0. The van der Waals surface area contributed by atoms with Crippen molar-refractivity contribution >= 4 is 0 Å². The molecule has 0 aromatic heterocycles. The summed E-state index contributed by atoms with van der Waals surface area (Å²) in [7, 11) is 0. The average Bonchev–Trinajstić information content (AvgIpc) is 2.35. The molecule has 1 aliphatic rings. The van der Waals surface area contributed by atoms with Crippen LogP contribution in [0.3, 0.4) is 0 Å². The van der Waals surface area contributed by atoms with Gasteiger partial charge in [-0.3, -0.25) is 9.90 Å². The molecule has 70 valence electrons. The quantitative estimate of drug-likeness (QED) is 0.676. The molecular formula is C9H17NO2. The van der Waals surface area contributed by atoms with Crippen LogP contribution in [0.15, 0.2) is 12.3 Å². The van der Waals surface area contributed by atoms with Crippen molar-refractivity contribution in [3.63, 3.8) is 0 Å². The Hall–Kier alpha value is -0.540. The van der Waals surface area contributed by atoms with Crippen LogP contribution < -0.4 is 0 Å². The molecule has 1 rings (SSSR count). The van der Waals surface area contributed by atoms with Gasteiger partial charge in [-0.05, 0) is 11.5 Å². The monoisotopic (exact) mass is 171 g/mol. The summed E-state index contributed by atoms with van der Waals surface area (Å²) in [6, 6.07) is 0. The molecule has 1 atom stereocenters. The van der Waals surface area contributed by atoms with E-state index >= 15 is 0 Å². The van der Waals surface area contributed by atoms with Crippen LogP contribution in [0.2, 0.25) is 0 Å². The first-order chi connectivity index (χ1) is 5.54. The lowest BCUT2D eigenvalue weighted by molar-refractivity contribution is -0.160. The molecule has 1 aliphatic heterocycles. The highest BCUT2D eigenvalue weighted by Crippen LogP contribution is 2.27. The second-order valence-electron chi connectivity index (χ2n) is 4.10. The van der Waals surface area contributed by atoms with Crippen molar-refractivity contribution in [3.05, 3.63) is 12.3 Å². The van der Waals surface area contributed by atoms with Gasteiger partial charge >= 0.3 is 0 Å². The highest BCUT2D eigenvalue weighted by atomic mass is 16.7. The van der Waals surface area contributed by atoms with E-state index in [0.29, 0.717) is 6.54 Å². The van der Waals surface area contributed by atoms with E-state index in [2.05, 4.69) is 20.8 Å². The molecule has 0 saturated carbocycles. The van der Waals surface area contributed by atoms with E-state index in [9.17, 15) is 0 Å². The third-order valence-corrected chi connectivity index (χ3v) is 1.85. The smallest absolute Gasteiger partial charge is 0.110 e. The Morgan fingerprint density at radius 1 is 1.50 bits per heavy atom. The number of hydrogen-bond donors (Lipinski definition) is 1. The first-order valence-corrected chi connectivity index (χ1v) is 4.26. The maximum absolute atomic E-state index is 8.66. The molecule has 0 fully saturated rings. The Morgan fingerprint density at radius 2 is 2.17 bits per heavy atom. The van der Waals surface area contributed by atoms with E-state index in [1.807, 2.05) is 12.3 Å². The van der Waals surface area contributed by atoms with Gasteiger partial charge in [0.1, 0.15) is 6.10 Å². The first kappa shape index (κ1) is 9.55. The normalized spacial score (nSPS) is 23.7. The van der Waals surface area contributed by atoms with Gasteiger partial charge < -0.3 is 5.11 Å². The van der Waals surface area contributed by atoms with Crippen molar-refractivity contribution in [2.75, 3.05) is 13.2 Å². The van der Waals surface area contributed by atoms with Crippen LogP contribution in [-0.2, 0) is 4.84 Å². The number of hydroxylamine groups is 2. The van der Waals surface area contributed by atoms with Crippen molar-refractivity contribution in [3.8, 4) is 0 Å². The summed E-state index contributed by atoms with van der Waals surface area (Å²) in [5, 5.41) is 10.3. The number of hydrogen-bond acceptors (Lipinski definition) is 3. The topological polar surface area (TPSA) is 32.7 Å². The number of rotatable bonds is 2. The lowest BCUT2D eigenvalue weighted by Gasteiger charge is -2.26. The van der Waals surface area contributed by atoms with Gasteiger partial charge in [0.05, 0.1) is 13.2 Å². The predicted molar refractivity (Wildman–Crippen MR) is 47.3 cm³/mol. The highest BCUT2D eigenvalue weighted by Gasteiger charge is 2.28. The van der Waals surface area contributed by atoms with E-state index in [0.717, 1.165) is 0 Å². The summed E-state index contributed by atoms with van der Waals surface area (Å²) in [4.78, 5) is 5.53. The largest absolute Gasteiger partial charge is 0.394 e. The third kappa shape index (κ3) is 2.22. The van der Waals surface area contributed by atoms with Gasteiger partial charge in [-0.2, -0.15) is 0 Å². The average molecular weight is 171 g/mol. The zero-order valence-electron chi connectivity index (χ0n) is 7.95. The molecule has 0 spiro atoms. The van der Waals surface area contributed by atoms with Gasteiger partial charge in [-0.15, -0.1) is 0 Å². The summed E-state index contributed by atoms with van der Waals surface area (Å²) in [6.45, 7) is 7.06. The Balaban J connectivity index is 2.42. The zero-order chi connectivity index (χ0) is 9.19. The van der Waals surface area contributed by atoms with Gasteiger partial charge in [0.15, 0.2) is 0 Å². The molecule has 0 aliphatic carbocycles. The molecule has 0 saturated heterocycles. The zero-order valence-corrected chi connectivity index (χ0v) is 7.95. The number of nitrogens with zero attached hydrogens (tertiary/aromatic N) is 1. The Kier molecular flexibility index (Phi) is 2.75. The van der Waals surface area contributed by atoms with Crippen LogP contribution in [0.5, 0.6) is 0 Å². The maximum Gasteiger partial charge on any atom is 0.110 e. The van der Waals surface area contributed by atoms with Crippen molar-refractivity contribution in [2.24, 2.45) is 5.41 Å². The lowest BCUT2D eigenvalue weighted by atomic mass is 9.89. The number of aliphatic hydroxyl groups is 1. The first-order valence-electron chi connectivity index (χ1n) is 4.26. The summed E-state index contributed by atoms with van der Waals surface area (Å²) in [5.41, 5.74) is 0.126. The van der Waals surface area contributed by atoms with E-state index < -0.39 is 0 Å². The van der Waals surface area contributed by atoms with Crippen LogP contribution in [0.25, 0.3) is 0 Å². The van der Waals surface area contributed by atoms with Crippen molar-refractivity contribution in [2.45, 2.75) is 26.9 Å². The second kappa shape index (κ2) is 3.46. The van der Waals surface area contributed by atoms with Crippen LogP contribution in [-0.4, -0.2) is 29.4 Å².